The predicted octanol–water partition coefficient (Wildman–Crippen LogP) is 3.34. The Kier molecular flexibility index (Phi) is 8.02. The van der Waals surface area contributed by atoms with Crippen molar-refractivity contribution in [1.82, 2.24) is 34.9 Å². The van der Waals surface area contributed by atoms with E-state index in [1.54, 1.807) is 41.2 Å². The van der Waals surface area contributed by atoms with Crippen LogP contribution in [0.1, 0.15) is 56.9 Å². The Labute approximate surface area is 220 Å². The summed E-state index contributed by atoms with van der Waals surface area (Å²) in [7, 11) is -2.59. The SMILES string of the molecule is COc1cccc(-c2nnc(NS(=O)(=O)[C@@H](C)[C@@H](OC(C)C)c3ncc(C)cn3)n2[C@@H](C)c2ccon2)n1. The van der Waals surface area contributed by atoms with E-state index in [-0.39, 0.29) is 17.9 Å². The van der Waals surface area contributed by atoms with Crippen LogP contribution in [0, 0.1) is 6.92 Å². The van der Waals surface area contributed by atoms with Gasteiger partial charge < -0.3 is 14.0 Å². The van der Waals surface area contributed by atoms with E-state index in [1.807, 2.05) is 27.7 Å². The van der Waals surface area contributed by atoms with Gasteiger partial charge in [-0.3, -0.25) is 9.29 Å². The maximum absolute atomic E-state index is 13.7. The highest BCUT2D eigenvalue weighted by molar-refractivity contribution is 7.93. The minimum Gasteiger partial charge on any atom is -0.481 e. The average molecular weight is 543 g/mol. The highest BCUT2D eigenvalue weighted by atomic mass is 32.2. The molecule has 0 radical (unpaired) electrons. The molecule has 0 aliphatic rings. The number of hydrogen-bond donors (Lipinski definition) is 1. The number of aromatic nitrogens is 7. The zero-order valence-corrected chi connectivity index (χ0v) is 22.7. The number of ether oxygens (including phenoxy) is 2. The number of nitrogens with one attached hydrogen (secondary N) is 1. The second-order valence-corrected chi connectivity index (χ2v) is 11.0. The highest BCUT2D eigenvalue weighted by Gasteiger charge is 2.36. The van der Waals surface area contributed by atoms with Gasteiger partial charge in [0.05, 0.1) is 19.3 Å². The lowest BCUT2D eigenvalue weighted by atomic mass is 10.2. The second-order valence-electron chi connectivity index (χ2n) is 8.96. The Morgan fingerprint density at radius 3 is 2.42 bits per heavy atom. The van der Waals surface area contributed by atoms with E-state index >= 15 is 0 Å². The Hall–Kier alpha value is -3.91. The van der Waals surface area contributed by atoms with Gasteiger partial charge >= 0.3 is 0 Å². The quantitative estimate of drug-likeness (QED) is 0.296. The summed E-state index contributed by atoms with van der Waals surface area (Å²) in [6, 6.07) is 6.33. The molecule has 0 saturated carbocycles. The molecule has 4 heterocycles. The summed E-state index contributed by atoms with van der Waals surface area (Å²) in [6.07, 6.45) is 3.47. The number of pyridine rings is 1. The number of hydrogen-bond acceptors (Lipinski definition) is 11. The van der Waals surface area contributed by atoms with Crippen LogP contribution < -0.4 is 9.46 Å². The maximum atomic E-state index is 13.7. The summed E-state index contributed by atoms with van der Waals surface area (Å²) in [4.78, 5) is 13.1. The molecule has 13 nitrogen and oxygen atoms in total. The Balaban J connectivity index is 1.74. The van der Waals surface area contributed by atoms with Crippen molar-refractivity contribution in [2.75, 3.05) is 11.8 Å². The molecular weight excluding hydrogens is 512 g/mol. The van der Waals surface area contributed by atoms with Crippen molar-refractivity contribution in [2.45, 2.75) is 58.1 Å². The first-order valence-electron chi connectivity index (χ1n) is 11.9. The Morgan fingerprint density at radius 1 is 1.05 bits per heavy atom. The third kappa shape index (κ3) is 5.81. The minimum atomic E-state index is -4.09. The van der Waals surface area contributed by atoms with Gasteiger partial charge in [-0.2, -0.15) is 0 Å². The van der Waals surface area contributed by atoms with Crippen molar-refractivity contribution < 1.29 is 22.4 Å². The van der Waals surface area contributed by atoms with Crippen LogP contribution >= 0.6 is 0 Å². The van der Waals surface area contributed by atoms with Crippen LogP contribution in [-0.4, -0.2) is 61.8 Å². The van der Waals surface area contributed by atoms with Crippen molar-refractivity contribution >= 4 is 16.0 Å². The molecule has 0 aliphatic carbocycles. The molecule has 3 atom stereocenters. The topological polar surface area (TPSA) is 160 Å². The van der Waals surface area contributed by atoms with Gasteiger partial charge in [-0.15, -0.1) is 10.2 Å². The number of rotatable bonds is 11. The number of nitrogens with zero attached hydrogens (tertiary/aromatic N) is 7. The van der Waals surface area contributed by atoms with Gasteiger partial charge in [0.1, 0.15) is 29.0 Å². The van der Waals surface area contributed by atoms with Crippen LogP contribution in [0.25, 0.3) is 11.5 Å². The molecule has 0 aliphatic heterocycles. The molecule has 0 unspecified atom stereocenters. The maximum Gasteiger partial charge on any atom is 0.240 e. The number of sulfonamides is 1. The monoisotopic (exact) mass is 542 g/mol. The molecule has 0 bridgehead atoms. The van der Waals surface area contributed by atoms with E-state index in [9.17, 15) is 8.42 Å². The summed E-state index contributed by atoms with van der Waals surface area (Å²) >= 11 is 0. The average Bonchev–Trinajstić information content (AvgIpc) is 3.57. The Bertz CT molecular complexity index is 1460. The fourth-order valence-electron chi connectivity index (χ4n) is 3.73. The molecule has 1 N–H and O–H groups in total. The Morgan fingerprint density at radius 2 is 1.79 bits per heavy atom. The number of aryl methyl sites for hydroxylation is 1. The molecule has 4 aromatic heterocycles. The van der Waals surface area contributed by atoms with E-state index in [2.05, 4.69) is 35.0 Å². The fourth-order valence-corrected chi connectivity index (χ4v) is 4.82. The predicted molar refractivity (Wildman–Crippen MR) is 138 cm³/mol. The first-order valence-corrected chi connectivity index (χ1v) is 13.5. The van der Waals surface area contributed by atoms with Crippen molar-refractivity contribution in [3.63, 3.8) is 0 Å². The van der Waals surface area contributed by atoms with E-state index in [0.717, 1.165) is 5.56 Å². The molecule has 202 valence electrons. The van der Waals surface area contributed by atoms with E-state index in [4.69, 9.17) is 14.0 Å². The first kappa shape index (κ1) is 27.1. The smallest absolute Gasteiger partial charge is 0.240 e. The zero-order chi connectivity index (χ0) is 27.4. The largest absolute Gasteiger partial charge is 0.481 e. The van der Waals surface area contributed by atoms with E-state index < -0.39 is 27.4 Å². The molecule has 0 aromatic carbocycles. The summed E-state index contributed by atoms with van der Waals surface area (Å²) in [6.45, 7) is 8.83. The molecule has 0 amide bonds. The van der Waals surface area contributed by atoms with Crippen LogP contribution in [-0.2, 0) is 14.8 Å². The molecule has 4 rings (SSSR count). The molecule has 0 saturated heterocycles. The molecular formula is C24H30N8O5S. The van der Waals surface area contributed by atoms with Crippen LogP contribution in [0.5, 0.6) is 5.88 Å². The van der Waals surface area contributed by atoms with Crippen molar-refractivity contribution in [3.8, 4) is 17.4 Å². The van der Waals surface area contributed by atoms with Crippen molar-refractivity contribution in [3.05, 3.63) is 60.0 Å². The number of methoxy groups -OCH3 is 1. The summed E-state index contributed by atoms with van der Waals surface area (Å²) in [5.74, 6) is 0.913. The van der Waals surface area contributed by atoms with Crippen LogP contribution in [0.15, 0.2) is 47.4 Å². The van der Waals surface area contributed by atoms with Crippen LogP contribution in [0.2, 0.25) is 0 Å². The van der Waals surface area contributed by atoms with Gasteiger partial charge in [0, 0.05) is 24.5 Å². The second kappa shape index (κ2) is 11.2. The lowest BCUT2D eigenvalue weighted by molar-refractivity contribution is 0.00152. The zero-order valence-electron chi connectivity index (χ0n) is 21.9. The third-order valence-corrected chi connectivity index (χ3v) is 7.45. The van der Waals surface area contributed by atoms with Crippen molar-refractivity contribution in [2.24, 2.45) is 0 Å². The van der Waals surface area contributed by atoms with E-state index in [1.165, 1.54) is 20.3 Å². The normalized spacial score (nSPS) is 14.3. The lowest BCUT2D eigenvalue weighted by Crippen LogP contribution is -2.35. The van der Waals surface area contributed by atoms with Crippen LogP contribution in [0.3, 0.4) is 0 Å². The van der Waals surface area contributed by atoms with Crippen molar-refractivity contribution in [1.29, 1.82) is 0 Å². The minimum absolute atomic E-state index is 0.0277. The van der Waals surface area contributed by atoms with E-state index in [0.29, 0.717) is 23.1 Å². The number of anilines is 1. The van der Waals surface area contributed by atoms with Crippen LogP contribution in [0.4, 0.5) is 5.95 Å². The standard InChI is InChI=1S/C24H30N8O5S/c1-14(2)37-21(22-25-12-15(3)13-26-22)17(5)38(33,34)31-24-29-28-23(19-8-7-9-20(27-19)35-6)32(24)16(4)18-10-11-36-30-18/h7-14,16-17,21H,1-6H3,(H,29,31)/t16-,17-,21+/m0/s1. The molecule has 4 aromatic rings. The molecule has 0 fully saturated rings. The molecule has 0 spiro atoms. The first-order chi connectivity index (χ1) is 18.1. The summed E-state index contributed by atoms with van der Waals surface area (Å²) in [5.41, 5.74) is 1.82. The molecule has 14 heteroatoms. The molecule has 38 heavy (non-hydrogen) atoms. The summed E-state index contributed by atoms with van der Waals surface area (Å²) < 4.78 is 47.7. The van der Waals surface area contributed by atoms with Gasteiger partial charge in [0.25, 0.3) is 0 Å². The van der Waals surface area contributed by atoms with Gasteiger partial charge in [-0.25, -0.2) is 23.4 Å². The van der Waals surface area contributed by atoms with Gasteiger partial charge in [-0.05, 0) is 46.2 Å². The third-order valence-electron chi connectivity index (χ3n) is 5.75. The van der Waals surface area contributed by atoms with Gasteiger partial charge in [0.2, 0.25) is 21.9 Å². The summed E-state index contributed by atoms with van der Waals surface area (Å²) in [5, 5.41) is 11.3. The van der Waals surface area contributed by atoms with Gasteiger partial charge in [0.15, 0.2) is 11.6 Å². The van der Waals surface area contributed by atoms with Gasteiger partial charge in [-0.1, -0.05) is 11.2 Å². The lowest BCUT2D eigenvalue weighted by Gasteiger charge is -2.25. The highest BCUT2D eigenvalue weighted by Crippen LogP contribution is 2.31. The fraction of sp³-hybridized carbons (Fsp3) is 0.417.